The van der Waals surface area contributed by atoms with Crippen LogP contribution in [-0.2, 0) is 0 Å². The fraction of sp³-hybridized carbons (Fsp3) is 0. The highest BCUT2D eigenvalue weighted by molar-refractivity contribution is 6.19. The Morgan fingerprint density at radius 1 is 0.385 bits per heavy atom. The molecule has 0 bridgehead atoms. The van der Waals surface area contributed by atoms with Crippen molar-refractivity contribution in [1.82, 2.24) is 4.57 Å². The van der Waals surface area contributed by atoms with Gasteiger partial charge in [0.05, 0.1) is 22.1 Å². The van der Waals surface area contributed by atoms with Crippen molar-refractivity contribution in [2.45, 2.75) is 0 Å². The average molecular weight is 500 g/mol. The maximum Gasteiger partial charge on any atom is 0.143 e. The fourth-order valence-corrected chi connectivity index (χ4v) is 6.41. The molecule has 3 heteroatoms. The van der Waals surface area contributed by atoms with Crippen molar-refractivity contribution in [2.75, 3.05) is 0 Å². The third-order valence-corrected chi connectivity index (χ3v) is 8.01. The highest BCUT2D eigenvalue weighted by atomic mass is 16.3. The SMILES string of the molecule is c1ccc2c(c1)oc1cccc(-c3cccc4c3oc3cccc(-n5c6ccccc6c6ccccc65)c34)c12. The van der Waals surface area contributed by atoms with E-state index in [1.807, 2.05) is 18.2 Å². The minimum absolute atomic E-state index is 0.876. The van der Waals surface area contributed by atoms with Crippen LogP contribution >= 0.6 is 0 Å². The molecule has 0 saturated heterocycles. The predicted molar refractivity (Wildman–Crippen MR) is 161 cm³/mol. The summed E-state index contributed by atoms with van der Waals surface area (Å²) < 4.78 is 15.3. The fourth-order valence-electron chi connectivity index (χ4n) is 6.41. The lowest BCUT2D eigenvalue weighted by Crippen LogP contribution is -1.94. The van der Waals surface area contributed by atoms with E-state index < -0.39 is 0 Å². The minimum atomic E-state index is 0.876. The van der Waals surface area contributed by atoms with E-state index in [0.29, 0.717) is 0 Å². The third-order valence-electron chi connectivity index (χ3n) is 8.01. The largest absolute Gasteiger partial charge is 0.456 e. The first-order chi connectivity index (χ1) is 19.4. The second-order valence-electron chi connectivity index (χ2n) is 10.1. The molecule has 3 nitrogen and oxygen atoms in total. The Morgan fingerprint density at radius 2 is 0.949 bits per heavy atom. The van der Waals surface area contributed by atoms with Crippen molar-refractivity contribution in [2.24, 2.45) is 0 Å². The minimum Gasteiger partial charge on any atom is -0.456 e. The monoisotopic (exact) mass is 499 g/mol. The van der Waals surface area contributed by atoms with Gasteiger partial charge >= 0.3 is 0 Å². The molecule has 9 aromatic rings. The lowest BCUT2D eigenvalue weighted by molar-refractivity contribution is 0.668. The van der Waals surface area contributed by atoms with Gasteiger partial charge in [0.1, 0.15) is 22.3 Å². The molecule has 3 heterocycles. The lowest BCUT2D eigenvalue weighted by atomic mass is 9.97. The van der Waals surface area contributed by atoms with Gasteiger partial charge in [-0.1, -0.05) is 91.0 Å². The van der Waals surface area contributed by atoms with Crippen LogP contribution in [0.25, 0.3) is 82.5 Å². The molecule has 0 amide bonds. The third kappa shape index (κ3) is 2.76. The van der Waals surface area contributed by atoms with E-state index >= 15 is 0 Å². The number of aromatic nitrogens is 1. The van der Waals surface area contributed by atoms with Crippen LogP contribution in [0.4, 0.5) is 0 Å². The van der Waals surface area contributed by atoms with Gasteiger partial charge in [-0.15, -0.1) is 0 Å². The maximum atomic E-state index is 6.69. The smallest absolute Gasteiger partial charge is 0.143 e. The molecule has 0 fully saturated rings. The van der Waals surface area contributed by atoms with Crippen LogP contribution in [0.3, 0.4) is 0 Å². The summed E-state index contributed by atoms with van der Waals surface area (Å²) in [7, 11) is 0. The Labute approximate surface area is 223 Å². The maximum absolute atomic E-state index is 6.69. The molecular formula is C36H21NO2. The van der Waals surface area contributed by atoms with Crippen LogP contribution < -0.4 is 0 Å². The first-order valence-electron chi connectivity index (χ1n) is 13.2. The Hall–Kier alpha value is -5.28. The molecule has 0 aliphatic carbocycles. The van der Waals surface area contributed by atoms with Gasteiger partial charge in [0, 0.05) is 32.5 Å². The summed E-state index contributed by atoms with van der Waals surface area (Å²) in [6.45, 7) is 0. The van der Waals surface area contributed by atoms with Gasteiger partial charge in [0.2, 0.25) is 0 Å². The summed E-state index contributed by atoms with van der Waals surface area (Å²) in [6.07, 6.45) is 0. The molecule has 0 N–H and O–H groups in total. The number of benzene rings is 6. The molecule has 3 aromatic heterocycles. The summed E-state index contributed by atoms with van der Waals surface area (Å²) in [6, 6.07) is 44.6. The standard InChI is InChI=1S/C36H21NO2/c1-4-16-28-22(10-1)23-11-2-5-17-29(23)37(28)30-18-9-21-33-35(30)27-15-7-14-25(36(27)39-33)24-13-8-20-32-34(24)26-12-3-6-19-31(26)38-32/h1-21H. The van der Waals surface area contributed by atoms with Gasteiger partial charge in [-0.25, -0.2) is 0 Å². The molecule has 0 unspecified atom stereocenters. The molecule has 0 spiro atoms. The molecule has 0 radical (unpaired) electrons. The quantitative estimate of drug-likeness (QED) is 0.237. The van der Waals surface area contributed by atoms with Crippen LogP contribution in [0, 0.1) is 0 Å². The van der Waals surface area contributed by atoms with Crippen LogP contribution in [-0.4, -0.2) is 4.57 Å². The highest BCUT2D eigenvalue weighted by Gasteiger charge is 2.20. The molecule has 0 atom stereocenters. The van der Waals surface area contributed by atoms with Gasteiger partial charge in [-0.3, -0.25) is 0 Å². The number of para-hydroxylation sites is 4. The molecular weight excluding hydrogens is 478 g/mol. The average Bonchev–Trinajstić information content (AvgIpc) is 3.66. The van der Waals surface area contributed by atoms with Crippen molar-refractivity contribution < 1.29 is 8.83 Å². The van der Waals surface area contributed by atoms with Gasteiger partial charge in [0.25, 0.3) is 0 Å². The molecule has 0 aliphatic heterocycles. The Balaban J connectivity index is 1.40. The molecule has 0 aliphatic rings. The zero-order chi connectivity index (χ0) is 25.5. The van der Waals surface area contributed by atoms with Crippen molar-refractivity contribution in [3.63, 3.8) is 0 Å². The number of hydrogen-bond acceptors (Lipinski definition) is 2. The van der Waals surface area contributed by atoms with Crippen LogP contribution in [0.1, 0.15) is 0 Å². The first-order valence-corrected chi connectivity index (χ1v) is 13.2. The summed E-state index contributed by atoms with van der Waals surface area (Å²) in [4.78, 5) is 0. The topological polar surface area (TPSA) is 31.2 Å². The number of furan rings is 2. The second-order valence-corrected chi connectivity index (χ2v) is 10.1. The van der Waals surface area contributed by atoms with Gasteiger partial charge in [-0.2, -0.15) is 0 Å². The van der Waals surface area contributed by atoms with E-state index in [-0.39, 0.29) is 0 Å². The number of fused-ring (bicyclic) bond motifs is 9. The summed E-state index contributed by atoms with van der Waals surface area (Å²) in [5.41, 5.74) is 9.21. The van der Waals surface area contributed by atoms with E-state index in [9.17, 15) is 0 Å². The zero-order valence-electron chi connectivity index (χ0n) is 20.9. The summed E-state index contributed by atoms with van der Waals surface area (Å²) in [5, 5.41) is 6.94. The van der Waals surface area contributed by atoms with E-state index in [4.69, 9.17) is 8.83 Å². The second kappa shape index (κ2) is 7.62. The van der Waals surface area contributed by atoms with Gasteiger partial charge < -0.3 is 13.4 Å². The van der Waals surface area contributed by atoms with E-state index in [2.05, 4.69) is 114 Å². The Bertz CT molecular complexity index is 2350. The molecule has 39 heavy (non-hydrogen) atoms. The lowest BCUT2D eigenvalue weighted by Gasteiger charge is -2.09. The number of rotatable bonds is 2. The normalized spacial score (nSPS) is 12.1. The molecule has 182 valence electrons. The van der Waals surface area contributed by atoms with Crippen molar-refractivity contribution >= 4 is 65.7 Å². The van der Waals surface area contributed by atoms with Crippen molar-refractivity contribution in [3.05, 3.63) is 127 Å². The highest BCUT2D eigenvalue weighted by Crippen LogP contribution is 2.43. The van der Waals surface area contributed by atoms with Crippen LogP contribution in [0.15, 0.2) is 136 Å². The molecule has 6 aromatic carbocycles. The number of nitrogens with zero attached hydrogens (tertiary/aromatic N) is 1. The molecule has 9 rings (SSSR count). The Kier molecular flexibility index (Phi) is 4.05. The Morgan fingerprint density at radius 3 is 1.74 bits per heavy atom. The first kappa shape index (κ1) is 20.7. The van der Waals surface area contributed by atoms with Gasteiger partial charge in [-0.05, 0) is 42.0 Å². The van der Waals surface area contributed by atoms with Crippen molar-refractivity contribution in [3.8, 4) is 16.8 Å². The number of hydrogen-bond donors (Lipinski definition) is 0. The van der Waals surface area contributed by atoms with Crippen molar-refractivity contribution in [1.29, 1.82) is 0 Å². The van der Waals surface area contributed by atoms with Crippen LogP contribution in [0.5, 0.6) is 0 Å². The van der Waals surface area contributed by atoms with E-state index in [1.54, 1.807) is 0 Å². The van der Waals surface area contributed by atoms with E-state index in [1.165, 1.54) is 21.8 Å². The predicted octanol–water partition coefficient (Wildman–Crippen LogP) is 10.2. The summed E-state index contributed by atoms with van der Waals surface area (Å²) >= 11 is 0. The molecule has 0 saturated carbocycles. The van der Waals surface area contributed by atoms with E-state index in [0.717, 1.165) is 60.7 Å². The zero-order valence-corrected chi connectivity index (χ0v) is 20.9. The summed E-state index contributed by atoms with van der Waals surface area (Å²) in [5.74, 6) is 0. The van der Waals surface area contributed by atoms with Crippen LogP contribution in [0.2, 0.25) is 0 Å². The van der Waals surface area contributed by atoms with Gasteiger partial charge in [0.15, 0.2) is 0 Å².